The molecule has 0 unspecified atom stereocenters. The van der Waals surface area contributed by atoms with Crippen LogP contribution >= 0.6 is 57.9 Å². The number of thioether (sulfide) groups is 1. The summed E-state index contributed by atoms with van der Waals surface area (Å²) in [5.41, 5.74) is 1.38. The van der Waals surface area contributed by atoms with E-state index in [4.69, 9.17) is 39.5 Å². The van der Waals surface area contributed by atoms with Gasteiger partial charge in [0.25, 0.3) is 0 Å². The van der Waals surface area contributed by atoms with Crippen LogP contribution in [-0.4, -0.2) is 31.4 Å². The Kier molecular flexibility index (Phi) is 7.95. The first-order chi connectivity index (χ1) is 16.3. The maximum atomic E-state index is 13.2. The van der Waals surface area contributed by atoms with Crippen molar-refractivity contribution in [2.24, 2.45) is 7.05 Å². The molecule has 0 spiro atoms. The standard InChI is InChI=1S/C21H15Cl3FN5O2S2/c1-30-18(8-32-17-5-3-12(25)7-15(17)24)28-29-21(30)34-10-19(31)27-20-26-16(9-33-20)13-4-2-11(22)6-14(13)23/h2-7,9H,8,10H2,1H3,(H,26,27,31). The second-order valence-electron chi connectivity index (χ2n) is 6.82. The highest BCUT2D eigenvalue weighted by Gasteiger charge is 2.15. The summed E-state index contributed by atoms with van der Waals surface area (Å²) in [6.07, 6.45) is 0. The van der Waals surface area contributed by atoms with E-state index < -0.39 is 5.82 Å². The predicted octanol–water partition coefficient (Wildman–Crippen LogP) is 6.35. The van der Waals surface area contributed by atoms with E-state index in [2.05, 4.69) is 20.5 Å². The highest BCUT2D eigenvalue weighted by molar-refractivity contribution is 7.99. The van der Waals surface area contributed by atoms with Gasteiger partial charge in [0.1, 0.15) is 18.2 Å². The van der Waals surface area contributed by atoms with Crippen LogP contribution in [0.2, 0.25) is 15.1 Å². The number of nitrogens with zero attached hydrogens (tertiary/aromatic N) is 4. The molecule has 0 saturated heterocycles. The Morgan fingerprint density at radius 2 is 2.00 bits per heavy atom. The molecule has 2 heterocycles. The van der Waals surface area contributed by atoms with Gasteiger partial charge in [0.15, 0.2) is 16.1 Å². The Morgan fingerprint density at radius 3 is 2.76 bits per heavy atom. The molecule has 0 aliphatic rings. The van der Waals surface area contributed by atoms with E-state index in [0.717, 1.165) is 5.56 Å². The Labute approximate surface area is 217 Å². The van der Waals surface area contributed by atoms with Crippen molar-refractivity contribution in [3.63, 3.8) is 0 Å². The zero-order valence-electron chi connectivity index (χ0n) is 17.4. The highest BCUT2D eigenvalue weighted by atomic mass is 35.5. The Balaban J connectivity index is 1.31. The van der Waals surface area contributed by atoms with Crippen molar-refractivity contribution in [3.05, 3.63) is 68.5 Å². The maximum absolute atomic E-state index is 13.2. The summed E-state index contributed by atoms with van der Waals surface area (Å²) in [6.45, 7) is 0.0801. The van der Waals surface area contributed by atoms with E-state index in [0.29, 0.717) is 37.6 Å². The van der Waals surface area contributed by atoms with Gasteiger partial charge in [-0.15, -0.1) is 21.5 Å². The first kappa shape index (κ1) is 24.7. The summed E-state index contributed by atoms with van der Waals surface area (Å²) in [5, 5.41) is 14.9. The average molecular weight is 559 g/mol. The number of carbonyl (C=O) groups excluding carboxylic acids is 1. The lowest BCUT2D eigenvalue weighted by Gasteiger charge is -2.08. The number of thiazole rings is 1. The molecule has 13 heteroatoms. The van der Waals surface area contributed by atoms with Crippen LogP contribution < -0.4 is 10.1 Å². The fourth-order valence-corrected chi connectivity index (χ4v) is 4.95. The number of rotatable bonds is 8. The number of hydrogen-bond acceptors (Lipinski definition) is 7. The third-order valence-electron chi connectivity index (χ3n) is 4.47. The van der Waals surface area contributed by atoms with Crippen LogP contribution in [0, 0.1) is 5.82 Å². The Hall–Kier alpha value is -2.37. The van der Waals surface area contributed by atoms with E-state index >= 15 is 0 Å². The van der Waals surface area contributed by atoms with Crippen LogP contribution in [0.4, 0.5) is 9.52 Å². The third kappa shape index (κ3) is 6.00. The summed E-state index contributed by atoms with van der Waals surface area (Å²) in [6, 6.07) is 9.02. The molecule has 2 aromatic heterocycles. The number of carbonyl (C=O) groups is 1. The van der Waals surface area contributed by atoms with Crippen molar-refractivity contribution in [3.8, 4) is 17.0 Å². The molecule has 2 aromatic carbocycles. The number of hydrogen-bond donors (Lipinski definition) is 1. The van der Waals surface area contributed by atoms with Crippen molar-refractivity contribution < 1.29 is 13.9 Å². The summed E-state index contributed by atoms with van der Waals surface area (Å²) in [4.78, 5) is 16.8. The van der Waals surface area contributed by atoms with Crippen LogP contribution in [0.15, 0.2) is 46.9 Å². The lowest BCUT2D eigenvalue weighted by atomic mass is 10.2. The summed E-state index contributed by atoms with van der Waals surface area (Å²) >= 11 is 20.6. The molecule has 1 amide bonds. The van der Waals surface area contributed by atoms with E-state index in [1.54, 1.807) is 35.2 Å². The van der Waals surface area contributed by atoms with Crippen molar-refractivity contribution in [1.29, 1.82) is 0 Å². The number of amides is 1. The molecule has 176 valence electrons. The molecule has 34 heavy (non-hydrogen) atoms. The summed E-state index contributed by atoms with van der Waals surface area (Å²) in [7, 11) is 1.76. The van der Waals surface area contributed by atoms with Gasteiger partial charge in [-0.25, -0.2) is 9.37 Å². The van der Waals surface area contributed by atoms with E-state index in [-0.39, 0.29) is 23.3 Å². The maximum Gasteiger partial charge on any atom is 0.236 e. The minimum atomic E-state index is -0.448. The second-order valence-corrected chi connectivity index (χ2v) is 9.87. The van der Waals surface area contributed by atoms with E-state index in [1.807, 2.05) is 0 Å². The van der Waals surface area contributed by atoms with Crippen LogP contribution in [0.25, 0.3) is 11.3 Å². The molecule has 0 atom stereocenters. The predicted molar refractivity (Wildman–Crippen MR) is 134 cm³/mol. The average Bonchev–Trinajstić information content (AvgIpc) is 3.38. The fraction of sp³-hybridized carbons (Fsp3) is 0.143. The second kappa shape index (κ2) is 10.9. The first-order valence-corrected chi connectivity index (χ1v) is 12.6. The van der Waals surface area contributed by atoms with Crippen LogP contribution in [0.5, 0.6) is 5.75 Å². The smallest absolute Gasteiger partial charge is 0.236 e. The zero-order valence-corrected chi connectivity index (χ0v) is 21.3. The van der Waals surface area contributed by atoms with Crippen molar-refractivity contribution in [2.45, 2.75) is 11.8 Å². The molecule has 0 saturated carbocycles. The molecule has 0 fully saturated rings. The molecule has 0 radical (unpaired) electrons. The van der Waals surface area contributed by atoms with Gasteiger partial charge in [0, 0.05) is 23.0 Å². The molecule has 0 aliphatic carbocycles. The van der Waals surface area contributed by atoms with Gasteiger partial charge in [0.2, 0.25) is 5.91 Å². The van der Waals surface area contributed by atoms with Gasteiger partial charge >= 0.3 is 0 Å². The normalized spacial score (nSPS) is 11.0. The van der Waals surface area contributed by atoms with Gasteiger partial charge in [-0.1, -0.05) is 46.6 Å². The SMILES string of the molecule is Cn1c(COc2ccc(F)cc2Cl)nnc1SCC(=O)Nc1nc(-c2ccc(Cl)cc2Cl)cs1. The number of halogens is 4. The number of aromatic nitrogens is 4. The van der Waals surface area contributed by atoms with Crippen molar-refractivity contribution in [2.75, 3.05) is 11.1 Å². The molecule has 0 bridgehead atoms. The topological polar surface area (TPSA) is 81.9 Å². The Morgan fingerprint density at radius 1 is 1.18 bits per heavy atom. The van der Waals surface area contributed by atoms with Gasteiger partial charge in [-0.2, -0.15) is 0 Å². The largest absolute Gasteiger partial charge is 0.484 e. The molecular formula is C21H15Cl3FN5O2S2. The fourth-order valence-electron chi connectivity index (χ4n) is 2.77. The van der Waals surface area contributed by atoms with Crippen molar-refractivity contribution in [1.82, 2.24) is 19.7 Å². The van der Waals surface area contributed by atoms with E-state index in [1.165, 1.54) is 41.3 Å². The number of nitrogens with one attached hydrogen (secondary N) is 1. The Bertz CT molecular complexity index is 1350. The van der Waals surface area contributed by atoms with Gasteiger partial charge in [-0.3, -0.25) is 4.79 Å². The van der Waals surface area contributed by atoms with Crippen molar-refractivity contribution >= 4 is 68.9 Å². The quantitative estimate of drug-likeness (QED) is 0.254. The van der Waals surface area contributed by atoms with Crippen LogP contribution in [0.1, 0.15) is 5.82 Å². The highest BCUT2D eigenvalue weighted by Crippen LogP contribution is 2.32. The third-order valence-corrected chi connectivity index (χ3v) is 7.09. The molecule has 0 aliphatic heterocycles. The molecule has 1 N–H and O–H groups in total. The molecule has 4 aromatic rings. The minimum Gasteiger partial charge on any atom is -0.484 e. The van der Waals surface area contributed by atoms with Gasteiger partial charge in [-0.05, 0) is 36.4 Å². The monoisotopic (exact) mass is 557 g/mol. The molecular weight excluding hydrogens is 544 g/mol. The van der Waals surface area contributed by atoms with E-state index in [9.17, 15) is 9.18 Å². The van der Waals surface area contributed by atoms with Gasteiger partial charge < -0.3 is 14.6 Å². The number of benzene rings is 2. The summed E-state index contributed by atoms with van der Waals surface area (Å²) < 4.78 is 20.5. The van der Waals surface area contributed by atoms with Crippen LogP contribution in [-0.2, 0) is 18.4 Å². The van der Waals surface area contributed by atoms with Gasteiger partial charge in [0.05, 0.1) is 21.5 Å². The molecule has 4 rings (SSSR count). The number of anilines is 1. The van der Waals surface area contributed by atoms with Crippen LogP contribution in [0.3, 0.4) is 0 Å². The first-order valence-electron chi connectivity index (χ1n) is 9.60. The minimum absolute atomic E-state index is 0.0801. The lowest BCUT2D eigenvalue weighted by Crippen LogP contribution is -2.14. The molecule has 7 nitrogen and oxygen atoms in total. The summed E-state index contributed by atoms with van der Waals surface area (Å²) in [5.74, 6) is 0.269. The lowest BCUT2D eigenvalue weighted by molar-refractivity contribution is -0.113. The zero-order chi connectivity index (χ0) is 24.2. The number of ether oxygens (including phenoxy) is 1.